The fraction of sp³-hybridized carbons (Fsp3) is 0.818. The first-order chi connectivity index (χ1) is 7.20. The van der Waals surface area contributed by atoms with Gasteiger partial charge in [0.05, 0.1) is 12.1 Å². The second kappa shape index (κ2) is 5.84. The van der Waals surface area contributed by atoms with Crippen LogP contribution in [-0.2, 0) is 14.3 Å². The number of ether oxygens (including phenoxy) is 1. The zero-order valence-corrected chi connectivity index (χ0v) is 10.7. The molecule has 0 aliphatic rings. The Morgan fingerprint density at radius 1 is 1.38 bits per heavy atom. The Morgan fingerprint density at radius 2 is 1.88 bits per heavy atom. The highest BCUT2D eigenvalue weighted by molar-refractivity contribution is 5.88. The van der Waals surface area contributed by atoms with E-state index in [0.29, 0.717) is 6.61 Å². The van der Waals surface area contributed by atoms with Gasteiger partial charge in [0.25, 0.3) is 0 Å². The first-order valence-corrected chi connectivity index (χ1v) is 5.45. The van der Waals surface area contributed by atoms with Crippen LogP contribution in [-0.4, -0.2) is 41.5 Å². The molecule has 0 aliphatic heterocycles. The number of amides is 1. The average Bonchev–Trinajstić information content (AvgIpc) is 2.11. The van der Waals surface area contributed by atoms with Gasteiger partial charge in [-0.25, -0.2) is 0 Å². The van der Waals surface area contributed by atoms with E-state index in [1.165, 1.54) is 4.90 Å². The van der Waals surface area contributed by atoms with E-state index >= 15 is 0 Å². The normalized spacial score (nSPS) is 11.4. The molecule has 0 saturated carbocycles. The van der Waals surface area contributed by atoms with Gasteiger partial charge >= 0.3 is 5.97 Å². The molecule has 0 unspecified atom stereocenters. The van der Waals surface area contributed by atoms with Crippen LogP contribution in [0, 0.1) is 0 Å². The lowest BCUT2D eigenvalue weighted by Gasteiger charge is -2.31. The van der Waals surface area contributed by atoms with Gasteiger partial charge < -0.3 is 15.4 Å². The van der Waals surface area contributed by atoms with Crippen molar-refractivity contribution in [1.29, 1.82) is 0 Å². The second-order valence-electron chi connectivity index (χ2n) is 4.55. The van der Waals surface area contributed by atoms with Crippen LogP contribution < -0.4 is 5.73 Å². The highest BCUT2D eigenvalue weighted by Crippen LogP contribution is 2.08. The third-order valence-corrected chi connectivity index (χ3v) is 2.04. The van der Waals surface area contributed by atoms with Gasteiger partial charge in [-0.15, -0.1) is 0 Å². The van der Waals surface area contributed by atoms with Gasteiger partial charge in [-0.05, 0) is 34.6 Å². The molecule has 2 N–H and O–H groups in total. The Balaban J connectivity index is 4.64. The topological polar surface area (TPSA) is 72.6 Å². The summed E-state index contributed by atoms with van der Waals surface area (Å²) in [7, 11) is 0. The Labute approximate surface area is 96.9 Å². The predicted molar refractivity (Wildman–Crippen MR) is 61.7 cm³/mol. The molecule has 0 saturated heterocycles. The van der Waals surface area contributed by atoms with Crippen LogP contribution in [0.2, 0.25) is 0 Å². The van der Waals surface area contributed by atoms with Gasteiger partial charge in [-0.2, -0.15) is 0 Å². The van der Waals surface area contributed by atoms with Crippen molar-refractivity contribution in [2.24, 2.45) is 5.73 Å². The summed E-state index contributed by atoms with van der Waals surface area (Å²) in [5.74, 6) is -0.663. The van der Waals surface area contributed by atoms with Gasteiger partial charge in [0.1, 0.15) is 6.54 Å². The largest absolute Gasteiger partial charge is 0.465 e. The van der Waals surface area contributed by atoms with Crippen molar-refractivity contribution < 1.29 is 14.3 Å². The van der Waals surface area contributed by atoms with E-state index in [-0.39, 0.29) is 18.5 Å². The first kappa shape index (κ1) is 14.9. The van der Waals surface area contributed by atoms with Crippen LogP contribution in [0.5, 0.6) is 0 Å². The van der Waals surface area contributed by atoms with E-state index in [1.54, 1.807) is 20.8 Å². The summed E-state index contributed by atoms with van der Waals surface area (Å²) < 4.78 is 4.81. The molecule has 0 radical (unpaired) electrons. The first-order valence-electron chi connectivity index (χ1n) is 5.45. The molecule has 0 aliphatic carbocycles. The van der Waals surface area contributed by atoms with Gasteiger partial charge in [-0.1, -0.05) is 0 Å². The van der Waals surface area contributed by atoms with Gasteiger partial charge in [-0.3, -0.25) is 9.59 Å². The van der Waals surface area contributed by atoms with E-state index in [0.717, 1.165) is 0 Å². The van der Waals surface area contributed by atoms with Crippen LogP contribution in [0.3, 0.4) is 0 Å². The number of nitrogens with zero attached hydrogens (tertiary/aromatic N) is 1. The molecular weight excluding hydrogens is 208 g/mol. The zero-order valence-electron chi connectivity index (χ0n) is 10.7. The maximum Gasteiger partial charge on any atom is 0.325 e. The van der Waals surface area contributed by atoms with E-state index in [9.17, 15) is 9.59 Å². The van der Waals surface area contributed by atoms with Gasteiger partial charge in [0, 0.05) is 6.04 Å². The maximum absolute atomic E-state index is 11.9. The molecule has 0 spiro atoms. The molecule has 5 nitrogen and oxygen atoms in total. The fourth-order valence-corrected chi connectivity index (χ4v) is 1.20. The lowest BCUT2D eigenvalue weighted by Crippen LogP contribution is -2.54. The molecule has 5 heteroatoms. The highest BCUT2D eigenvalue weighted by Gasteiger charge is 2.30. The van der Waals surface area contributed by atoms with Crippen molar-refractivity contribution in [3.05, 3.63) is 0 Å². The van der Waals surface area contributed by atoms with E-state index < -0.39 is 11.5 Å². The third-order valence-electron chi connectivity index (χ3n) is 2.04. The Kier molecular flexibility index (Phi) is 5.44. The Bertz CT molecular complexity index is 256. The second-order valence-corrected chi connectivity index (χ2v) is 4.55. The van der Waals surface area contributed by atoms with E-state index in [1.807, 2.05) is 13.8 Å². The molecule has 94 valence electrons. The van der Waals surface area contributed by atoms with Crippen molar-refractivity contribution in [3.8, 4) is 0 Å². The SMILES string of the molecule is CCOC(=O)CN(C(=O)C(C)(C)N)C(C)C. The standard InChI is InChI=1S/C11H22N2O3/c1-6-16-9(14)7-13(8(2)3)10(15)11(4,5)12/h8H,6-7,12H2,1-5H3. The van der Waals surface area contributed by atoms with Crippen molar-refractivity contribution in [1.82, 2.24) is 4.90 Å². The molecule has 0 bridgehead atoms. The summed E-state index contributed by atoms with van der Waals surface area (Å²) in [4.78, 5) is 24.7. The lowest BCUT2D eigenvalue weighted by molar-refractivity contribution is -0.151. The minimum atomic E-state index is -0.975. The number of rotatable bonds is 5. The highest BCUT2D eigenvalue weighted by atomic mass is 16.5. The van der Waals surface area contributed by atoms with Crippen molar-refractivity contribution in [2.45, 2.75) is 46.2 Å². The third kappa shape index (κ3) is 4.61. The van der Waals surface area contributed by atoms with Gasteiger partial charge in [0.2, 0.25) is 5.91 Å². The average molecular weight is 230 g/mol. The van der Waals surface area contributed by atoms with Crippen LogP contribution >= 0.6 is 0 Å². The summed E-state index contributed by atoms with van der Waals surface area (Å²) in [6, 6.07) is -0.0836. The van der Waals surface area contributed by atoms with Crippen LogP contribution in [0.25, 0.3) is 0 Å². The number of carbonyl (C=O) groups is 2. The number of esters is 1. The quantitative estimate of drug-likeness (QED) is 0.699. The fourth-order valence-electron chi connectivity index (χ4n) is 1.20. The summed E-state index contributed by atoms with van der Waals surface area (Å²) in [6.45, 7) is 8.90. The monoisotopic (exact) mass is 230 g/mol. The number of nitrogens with two attached hydrogens (primary N) is 1. The molecule has 0 aromatic rings. The van der Waals surface area contributed by atoms with E-state index in [4.69, 9.17) is 10.5 Å². The minimum Gasteiger partial charge on any atom is -0.465 e. The van der Waals surface area contributed by atoms with E-state index in [2.05, 4.69) is 0 Å². The molecule has 0 aromatic heterocycles. The predicted octanol–water partition coefficient (Wildman–Crippen LogP) is 0.524. The van der Waals surface area contributed by atoms with Crippen LogP contribution in [0.15, 0.2) is 0 Å². The maximum atomic E-state index is 11.9. The van der Waals surface area contributed by atoms with Crippen molar-refractivity contribution >= 4 is 11.9 Å². The van der Waals surface area contributed by atoms with Crippen LogP contribution in [0.1, 0.15) is 34.6 Å². The number of hydrogen-bond donors (Lipinski definition) is 1. The minimum absolute atomic E-state index is 0.0506. The smallest absolute Gasteiger partial charge is 0.325 e. The molecule has 0 heterocycles. The molecule has 0 fully saturated rings. The number of hydrogen-bond acceptors (Lipinski definition) is 4. The lowest BCUT2D eigenvalue weighted by atomic mass is 10.0. The van der Waals surface area contributed by atoms with Crippen molar-refractivity contribution in [3.63, 3.8) is 0 Å². The Hall–Kier alpha value is -1.10. The van der Waals surface area contributed by atoms with Crippen molar-refractivity contribution in [2.75, 3.05) is 13.2 Å². The molecule has 1 amide bonds. The summed E-state index contributed by atoms with van der Waals surface area (Å²) in [5, 5.41) is 0. The number of carbonyl (C=O) groups excluding carboxylic acids is 2. The molecule has 0 aromatic carbocycles. The summed E-state index contributed by atoms with van der Waals surface area (Å²) >= 11 is 0. The van der Waals surface area contributed by atoms with Crippen LogP contribution in [0.4, 0.5) is 0 Å². The molecule has 0 atom stereocenters. The van der Waals surface area contributed by atoms with Gasteiger partial charge in [0.15, 0.2) is 0 Å². The summed E-state index contributed by atoms with van der Waals surface area (Å²) in [5.41, 5.74) is 4.75. The Morgan fingerprint density at radius 3 is 2.19 bits per heavy atom. The molecule has 16 heavy (non-hydrogen) atoms. The molecular formula is C11H22N2O3. The zero-order chi connectivity index (χ0) is 12.9. The summed E-state index contributed by atoms with van der Waals surface area (Å²) in [6.07, 6.45) is 0. The molecule has 0 rings (SSSR count).